The van der Waals surface area contributed by atoms with Crippen molar-refractivity contribution in [2.75, 3.05) is 17.6 Å². The summed E-state index contributed by atoms with van der Waals surface area (Å²) in [4.78, 5) is 8.32. The molecule has 1 aromatic rings. The van der Waals surface area contributed by atoms with Crippen LogP contribution in [0.2, 0.25) is 5.15 Å². The summed E-state index contributed by atoms with van der Waals surface area (Å²) < 4.78 is 23.3. The van der Waals surface area contributed by atoms with Gasteiger partial charge in [-0.15, -0.1) is 0 Å². The molecule has 1 saturated heterocycles. The number of rotatable bonds is 4. The molecule has 100 valence electrons. The quantitative estimate of drug-likeness (QED) is 0.854. The van der Waals surface area contributed by atoms with Crippen molar-refractivity contribution in [1.29, 1.82) is 0 Å². The van der Waals surface area contributed by atoms with Gasteiger partial charge in [0.2, 0.25) is 0 Å². The zero-order valence-electron chi connectivity index (χ0n) is 10.2. The SMILES string of the molecule is CCc1nc(Cl)cc(NCC2CCCS2(=O)=O)n1. The van der Waals surface area contributed by atoms with Gasteiger partial charge in [-0.25, -0.2) is 18.4 Å². The summed E-state index contributed by atoms with van der Waals surface area (Å²) in [6.07, 6.45) is 2.16. The highest BCUT2D eigenvalue weighted by Gasteiger charge is 2.30. The molecule has 0 aliphatic carbocycles. The molecule has 1 aromatic heterocycles. The molecule has 0 bridgehead atoms. The van der Waals surface area contributed by atoms with Crippen LogP contribution in [0.4, 0.5) is 5.82 Å². The van der Waals surface area contributed by atoms with Crippen LogP contribution in [0.1, 0.15) is 25.6 Å². The Morgan fingerprint density at radius 3 is 2.89 bits per heavy atom. The lowest BCUT2D eigenvalue weighted by atomic mass is 10.2. The van der Waals surface area contributed by atoms with E-state index in [-0.39, 0.29) is 5.25 Å². The van der Waals surface area contributed by atoms with E-state index >= 15 is 0 Å². The maximum Gasteiger partial charge on any atom is 0.154 e. The van der Waals surface area contributed by atoms with Crippen LogP contribution in [0.15, 0.2) is 6.07 Å². The van der Waals surface area contributed by atoms with E-state index in [1.165, 1.54) is 0 Å². The first-order valence-corrected chi connectivity index (χ1v) is 8.09. The smallest absolute Gasteiger partial charge is 0.154 e. The second kappa shape index (κ2) is 5.40. The van der Waals surface area contributed by atoms with Gasteiger partial charge < -0.3 is 5.32 Å². The van der Waals surface area contributed by atoms with E-state index in [4.69, 9.17) is 11.6 Å². The fourth-order valence-corrected chi connectivity index (χ4v) is 3.99. The van der Waals surface area contributed by atoms with Crippen molar-refractivity contribution >= 4 is 27.3 Å². The molecule has 1 atom stereocenters. The van der Waals surface area contributed by atoms with Gasteiger partial charge in [-0.1, -0.05) is 18.5 Å². The number of sulfone groups is 1. The maximum absolute atomic E-state index is 11.7. The van der Waals surface area contributed by atoms with Gasteiger partial charge in [0.15, 0.2) is 9.84 Å². The number of halogens is 1. The van der Waals surface area contributed by atoms with Gasteiger partial charge in [0.25, 0.3) is 0 Å². The number of hydrogen-bond acceptors (Lipinski definition) is 5. The highest BCUT2D eigenvalue weighted by Crippen LogP contribution is 2.20. The van der Waals surface area contributed by atoms with Crippen molar-refractivity contribution < 1.29 is 8.42 Å². The van der Waals surface area contributed by atoms with Gasteiger partial charge >= 0.3 is 0 Å². The van der Waals surface area contributed by atoms with Crippen LogP contribution in [-0.2, 0) is 16.3 Å². The normalized spacial score (nSPS) is 22.0. The average molecular weight is 290 g/mol. The molecule has 0 spiro atoms. The molecule has 1 aliphatic rings. The van der Waals surface area contributed by atoms with Crippen LogP contribution in [0, 0.1) is 0 Å². The minimum absolute atomic E-state index is 0.296. The Balaban J connectivity index is 2.04. The van der Waals surface area contributed by atoms with Crippen LogP contribution in [-0.4, -0.2) is 35.9 Å². The molecular weight excluding hydrogens is 274 g/mol. The number of anilines is 1. The summed E-state index contributed by atoms with van der Waals surface area (Å²) in [5.74, 6) is 1.54. The van der Waals surface area contributed by atoms with Crippen LogP contribution < -0.4 is 5.32 Å². The largest absolute Gasteiger partial charge is 0.369 e. The summed E-state index contributed by atoms with van der Waals surface area (Å²) in [5, 5.41) is 3.11. The van der Waals surface area contributed by atoms with Gasteiger partial charge in [-0.2, -0.15) is 0 Å². The molecule has 1 N–H and O–H groups in total. The molecule has 18 heavy (non-hydrogen) atoms. The van der Waals surface area contributed by atoms with Crippen LogP contribution >= 0.6 is 11.6 Å². The van der Waals surface area contributed by atoms with Crippen LogP contribution in [0.3, 0.4) is 0 Å². The van der Waals surface area contributed by atoms with E-state index in [0.29, 0.717) is 35.5 Å². The maximum atomic E-state index is 11.7. The molecule has 5 nitrogen and oxygen atoms in total. The Hall–Kier alpha value is -0.880. The highest BCUT2D eigenvalue weighted by molar-refractivity contribution is 7.92. The number of hydrogen-bond donors (Lipinski definition) is 1. The minimum atomic E-state index is -2.92. The first-order valence-electron chi connectivity index (χ1n) is 6.00. The van der Waals surface area contributed by atoms with Crippen molar-refractivity contribution in [2.24, 2.45) is 0 Å². The number of nitrogens with one attached hydrogen (secondary N) is 1. The molecular formula is C11H16ClN3O2S. The Labute approximate surface area is 112 Å². The second-order valence-corrected chi connectivity index (χ2v) is 7.15. The standard InChI is InChI=1S/C11H16ClN3O2S/c1-2-10-14-9(12)6-11(15-10)13-7-8-4-3-5-18(8,16)17/h6,8H,2-5,7H2,1H3,(H,13,14,15). The lowest BCUT2D eigenvalue weighted by molar-refractivity contribution is 0.591. The number of aromatic nitrogens is 2. The van der Waals surface area contributed by atoms with Crippen molar-refractivity contribution in [1.82, 2.24) is 9.97 Å². The van der Waals surface area contributed by atoms with E-state index in [1.54, 1.807) is 6.07 Å². The number of aryl methyl sites for hydroxylation is 1. The summed E-state index contributed by atoms with van der Waals surface area (Å²) in [7, 11) is -2.92. The van der Waals surface area contributed by atoms with E-state index in [9.17, 15) is 8.42 Å². The Morgan fingerprint density at radius 2 is 2.28 bits per heavy atom. The molecule has 2 heterocycles. The molecule has 1 aliphatic heterocycles. The van der Waals surface area contributed by atoms with Gasteiger partial charge in [-0.05, 0) is 12.8 Å². The lowest BCUT2D eigenvalue weighted by Crippen LogP contribution is -2.25. The monoisotopic (exact) mass is 289 g/mol. The fraction of sp³-hybridized carbons (Fsp3) is 0.636. The summed E-state index contributed by atoms with van der Waals surface area (Å²) >= 11 is 5.87. The Morgan fingerprint density at radius 1 is 1.50 bits per heavy atom. The fourth-order valence-electron chi connectivity index (χ4n) is 2.02. The van der Waals surface area contributed by atoms with Crippen molar-refractivity contribution in [3.8, 4) is 0 Å². The third kappa shape index (κ3) is 3.11. The highest BCUT2D eigenvalue weighted by atomic mass is 35.5. The van der Waals surface area contributed by atoms with Crippen LogP contribution in [0.5, 0.6) is 0 Å². The molecule has 0 radical (unpaired) electrons. The summed E-state index contributed by atoms with van der Waals surface area (Å²) in [6, 6.07) is 1.61. The van der Waals surface area contributed by atoms with E-state index < -0.39 is 9.84 Å². The molecule has 1 unspecified atom stereocenters. The first kappa shape index (κ1) is 13.5. The zero-order chi connectivity index (χ0) is 13.2. The van der Waals surface area contributed by atoms with Gasteiger partial charge in [-0.3, -0.25) is 0 Å². The van der Waals surface area contributed by atoms with Gasteiger partial charge in [0, 0.05) is 19.0 Å². The predicted octanol–water partition coefficient (Wildman–Crippen LogP) is 1.68. The van der Waals surface area contributed by atoms with Crippen molar-refractivity contribution in [2.45, 2.75) is 31.4 Å². The van der Waals surface area contributed by atoms with E-state index in [0.717, 1.165) is 12.8 Å². The molecule has 1 fully saturated rings. The molecule has 0 amide bonds. The minimum Gasteiger partial charge on any atom is -0.369 e. The summed E-state index contributed by atoms with van der Waals surface area (Å²) in [6.45, 7) is 2.33. The van der Waals surface area contributed by atoms with Gasteiger partial charge in [0.1, 0.15) is 16.8 Å². The number of nitrogens with zero attached hydrogens (tertiary/aromatic N) is 2. The molecule has 0 saturated carbocycles. The molecule has 7 heteroatoms. The Kier molecular flexibility index (Phi) is 4.07. The van der Waals surface area contributed by atoms with Crippen molar-refractivity contribution in [3.05, 3.63) is 17.0 Å². The van der Waals surface area contributed by atoms with Crippen molar-refractivity contribution in [3.63, 3.8) is 0 Å². The average Bonchev–Trinajstić information content (AvgIpc) is 2.65. The van der Waals surface area contributed by atoms with E-state index in [2.05, 4.69) is 15.3 Å². The zero-order valence-corrected chi connectivity index (χ0v) is 11.8. The third-order valence-electron chi connectivity index (χ3n) is 3.03. The second-order valence-electron chi connectivity index (χ2n) is 4.36. The van der Waals surface area contributed by atoms with E-state index in [1.807, 2.05) is 6.92 Å². The topological polar surface area (TPSA) is 72.0 Å². The lowest BCUT2D eigenvalue weighted by Gasteiger charge is -2.11. The molecule has 0 aromatic carbocycles. The Bertz CT molecular complexity index is 533. The third-order valence-corrected chi connectivity index (χ3v) is 5.50. The first-order chi connectivity index (χ1) is 8.51. The summed E-state index contributed by atoms with van der Waals surface area (Å²) in [5.41, 5.74) is 0. The predicted molar refractivity (Wildman–Crippen MR) is 71.7 cm³/mol. The van der Waals surface area contributed by atoms with Gasteiger partial charge in [0.05, 0.1) is 11.0 Å². The molecule has 2 rings (SSSR count). The van der Waals surface area contributed by atoms with Crippen LogP contribution in [0.25, 0.3) is 0 Å².